The maximum absolute atomic E-state index is 12.2. The van der Waals surface area contributed by atoms with Crippen LogP contribution in [0.4, 0.5) is 5.82 Å². The predicted octanol–water partition coefficient (Wildman–Crippen LogP) is 3.54. The van der Waals surface area contributed by atoms with Crippen LogP contribution in [0.3, 0.4) is 0 Å². The summed E-state index contributed by atoms with van der Waals surface area (Å²) in [6.45, 7) is 3.93. The van der Waals surface area contributed by atoms with E-state index in [2.05, 4.69) is 20.5 Å². The van der Waals surface area contributed by atoms with E-state index in [0.717, 1.165) is 35.2 Å². The SMILES string of the molecule is COc1ccc(CCCC(=O)Nc2n[nH]c3nc(C)cc(C)c23)cc1. The number of ether oxygens (including phenoxy) is 1. The molecule has 3 rings (SSSR count). The van der Waals surface area contributed by atoms with E-state index in [-0.39, 0.29) is 5.91 Å². The molecule has 0 aliphatic rings. The van der Waals surface area contributed by atoms with E-state index in [1.54, 1.807) is 7.11 Å². The van der Waals surface area contributed by atoms with Gasteiger partial charge in [0.25, 0.3) is 0 Å². The number of carbonyl (C=O) groups excluding carboxylic acids is 1. The zero-order valence-electron chi connectivity index (χ0n) is 14.7. The third-order valence-electron chi connectivity index (χ3n) is 4.14. The number of hydrogen-bond donors (Lipinski definition) is 2. The van der Waals surface area contributed by atoms with Gasteiger partial charge in [-0.3, -0.25) is 9.89 Å². The van der Waals surface area contributed by atoms with Gasteiger partial charge in [0, 0.05) is 12.1 Å². The van der Waals surface area contributed by atoms with Gasteiger partial charge in [0.1, 0.15) is 5.75 Å². The fourth-order valence-corrected chi connectivity index (χ4v) is 2.91. The van der Waals surface area contributed by atoms with Crippen LogP contribution >= 0.6 is 0 Å². The molecule has 0 aliphatic heterocycles. The largest absolute Gasteiger partial charge is 0.497 e. The van der Waals surface area contributed by atoms with Crippen LogP contribution in [-0.2, 0) is 11.2 Å². The topological polar surface area (TPSA) is 79.9 Å². The first-order chi connectivity index (χ1) is 12.1. The van der Waals surface area contributed by atoms with Gasteiger partial charge in [-0.25, -0.2) is 4.98 Å². The minimum absolute atomic E-state index is 0.0399. The second-order valence-electron chi connectivity index (χ2n) is 6.13. The Balaban J connectivity index is 1.57. The van der Waals surface area contributed by atoms with Crippen molar-refractivity contribution in [3.8, 4) is 5.75 Å². The van der Waals surface area contributed by atoms with Gasteiger partial charge in [-0.05, 0) is 56.0 Å². The average molecular weight is 338 g/mol. The fraction of sp³-hybridized carbons (Fsp3) is 0.316. The van der Waals surface area contributed by atoms with Gasteiger partial charge in [-0.1, -0.05) is 12.1 Å². The number of amides is 1. The van der Waals surface area contributed by atoms with Gasteiger partial charge >= 0.3 is 0 Å². The summed E-state index contributed by atoms with van der Waals surface area (Å²) in [5.74, 6) is 1.35. The lowest BCUT2D eigenvalue weighted by molar-refractivity contribution is -0.116. The number of methoxy groups -OCH3 is 1. The van der Waals surface area contributed by atoms with Crippen LogP contribution in [0.15, 0.2) is 30.3 Å². The van der Waals surface area contributed by atoms with E-state index in [1.807, 2.05) is 44.2 Å². The molecule has 3 aromatic rings. The molecule has 0 bridgehead atoms. The molecule has 130 valence electrons. The molecule has 1 amide bonds. The number of carbonyl (C=O) groups is 1. The zero-order valence-corrected chi connectivity index (χ0v) is 14.7. The van der Waals surface area contributed by atoms with Gasteiger partial charge in [-0.15, -0.1) is 0 Å². The number of aromatic nitrogens is 3. The molecule has 0 aliphatic carbocycles. The van der Waals surface area contributed by atoms with E-state index in [4.69, 9.17) is 4.74 Å². The molecule has 2 aromatic heterocycles. The van der Waals surface area contributed by atoms with Gasteiger partial charge in [0.05, 0.1) is 12.5 Å². The molecule has 25 heavy (non-hydrogen) atoms. The highest BCUT2D eigenvalue weighted by molar-refractivity contribution is 5.99. The molecule has 0 unspecified atom stereocenters. The molecule has 0 radical (unpaired) electrons. The first-order valence-corrected chi connectivity index (χ1v) is 8.32. The summed E-state index contributed by atoms with van der Waals surface area (Å²) in [6, 6.07) is 9.90. The Labute approximate surface area is 146 Å². The van der Waals surface area contributed by atoms with E-state index >= 15 is 0 Å². The first-order valence-electron chi connectivity index (χ1n) is 8.32. The Morgan fingerprint density at radius 3 is 2.72 bits per heavy atom. The van der Waals surface area contributed by atoms with E-state index in [1.165, 1.54) is 5.56 Å². The lowest BCUT2D eigenvalue weighted by Gasteiger charge is -2.05. The normalized spacial score (nSPS) is 10.8. The van der Waals surface area contributed by atoms with Crippen molar-refractivity contribution in [3.63, 3.8) is 0 Å². The third kappa shape index (κ3) is 3.96. The number of aromatic amines is 1. The summed E-state index contributed by atoms with van der Waals surface area (Å²) in [4.78, 5) is 16.6. The number of benzene rings is 1. The van der Waals surface area contributed by atoms with Crippen LogP contribution in [0, 0.1) is 13.8 Å². The van der Waals surface area contributed by atoms with Crippen LogP contribution in [0.25, 0.3) is 11.0 Å². The van der Waals surface area contributed by atoms with Crippen LogP contribution < -0.4 is 10.1 Å². The Kier molecular flexibility index (Phi) is 4.97. The van der Waals surface area contributed by atoms with Gasteiger partial charge in [0.15, 0.2) is 11.5 Å². The molecule has 0 saturated heterocycles. The Morgan fingerprint density at radius 1 is 1.24 bits per heavy atom. The number of pyridine rings is 1. The van der Waals surface area contributed by atoms with Crippen molar-refractivity contribution >= 4 is 22.8 Å². The maximum Gasteiger partial charge on any atom is 0.225 e. The number of nitrogens with one attached hydrogen (secondary N) is 2. The number of H-pyrrole nitrogens is 1. The number of fused-ring (bicyclic) bond motifs is 1. The molecule has 6 heteroatoms. The van der Waals surface area contributed by atoms with Crippen LogP contribution in [0.1, 0.15) is 29.7 Å². The van der Waals surface area contributed by atoms with Crippen molar-refractivity contribution in [3.05, 3.63) is 47.2 Å². The number of hydrogen-bond acceptors (Lipinski definition) is 4. The summed E-state index contributed by atoms with van der Waals surface area (Å²) in [5, 5.41) is 10.8. The second kappa shape index (κ2) is 7.34. The Morgan fingerprint density at radius 2 is 2.00 bits per heavy atom. The van der Waals surface area contributed by atoms with E-state index < -0.39 is 0 Å². The van der Waals surface area contributed by atoms with Crippen molar-refractivity contribution in [2.75, 3.05) is 12.4 Å². The van der Waals surface area contributed by atoms with Crippen molar-refractivity contribution < 1.29 is 9.53 Å². The van der Waals surface area contributed by atoms with Crippen molar-refractivity contribution in [2.45, 2.75) is 33.1 Å². The minimum atomic E-state index is -0.0399. The van der Waals surface area contributed by atoms with Crippen molar-refractivity contribution in [1.29, 1.82) is 0 Å². The van der Waals surface area contributed by atoms with Crippen LogP contribution in [0.2, 0.25) is 0 Å². The summed E-state index contributed by atoms with van der Waals surface area (Å²) in [7, 11) is 1.65. The maximum atomic E-state index is 12.2. The van der Waals surface area contributed by atoms with Gasteiger partial charge in [-0.2, -0.15) is 5.10 Å². The summed E-state index contributed by atoms with van der Waals surface area (Å²) in [5.41, 5.74) is 3.86. The number of rotatable bonds is 6. The smallest absolute Gasteiger partial charge is 0.225 e. The predicted molar refractivity (Wildman–Crippen MR) is 97.9 cm³/mol. The monoisotopic (exact) mass is 338 g/mol. The lowest BCUT2D eigenvalue weighted by atomic mass is 10.1. The van der Waals surface area contributed by atoms with E-state index in [9.17, 15) is 4.79 Å². The molecule has 1 aromatic carbocycles. The highest BCUT2D eigenvalue weighted by Gasteiger charge is 2.12. The quantitative estimate of drug-likeness (QED) is 0.720. The van der Waals surface area contributed by atoms with Gasteiger partial charge in [0.2, 0.25) is 5.91 Å². The van der Waals surface area contributed by atoms with Crippen molar-refractivity contribution in [2.24, 2.45) is 0 Å². The van der Waals surface area contributed by atoms with Gasteiger partial charge < -0.3 is 10.1 Å². The molecule has 0 saturated carbocycles. The highest BCUT2D eigenvalue weighted by atomic mass is 16.5. The molecular weight excluding hydrogens is 316 g/mol. The highest BCUT2D eigenvalue weighted by Crippen LogP contribution is 2.23. The Hall–Kier alpha value is -2.89. The molecule has 0 spiro atoms. The minimum Gasteiger partial charge on any atom is -0.497 e. The summed E-state index contributed by atoms with van der Waals surface area (Å²) >= 11 is 0. The molecule has 0 atom stereocenters. The summed E-state index contributed by atoms with van der Waals surface area (Å²) < 4.78 is 5.14. The lowest BCUT2D eigenvalue weighted by Crippen LogP contribution is -2.12. The van der Waals surface area contributed by atoms with Crippen molar-refractivity contribution in [1.82, 2.24) is 15.2 Å². The molecule has 0 fully saturated rings. The second-order valence-corrected chi connectivity index (χ2v) is 6.13. The number of anilines is 1. The fourth-order valence-electron chi connectivity index (χ4n) is 2.91. The number of aryl methyl sites for hydroxylation is 3. The standard InChI is InChI=1S/C19H22N4O2/c1-12-11-13(2)20-18-17(12)19(23-22-18)21-16(24)6-4-5-14-7-9-15(25-3)10-8-14/h7-11H,4-6H2,1-3H3,(H2,20,21,22,23,24). The molecule has 6 nitrogen and oxygen atoms in total. The van der Waals surface area contributed by atoms with E-state index in [0.29, 0.717) is 17.9 Å². The molecule has 2 heterocycles. The zero-order chi connectivity index (χ0) is 17.8. The first kappa shape index (κ1) is 17.0. The third-order valence-corrected chi connectivity index (χ3v) is 4.14. The van der Waals surface area contributed by atoms with Crippen LogP contribution in [0.5, 0.6) is 5.75 Å². The Bertz CT molecular complexity index is 884. The summed E-state index contributed by atoms with van der Waals surface area (Å²) in [6.07, 6.45) is 2.06. The number of nitrogens with zero attached hydrogens (tertiary/aromatic N) is 2. The average Bonchev–Trinajstić information content (AvgIpc) is 2.98. The molecule has 2 N–H and O–H groups in total. The molecular formula is C19H22N4O2. The van der Waals surface area contributed by atoms with Crippen LogP contribution in [-0.4, -0.2) is 28.2 Å².